The van der Waals surface area contributed by atoms with E-state index in [0.717, 1.165) is 31.4 Å². The van der Waals surface area contributed by atoms with Gasteiger partial charge in [0.1, 0.15) is 11.6 Å². The van der Waals surface area contributed by atoms with Gasteiger partial charge < -0.3 is 10.6 Å². The van der Waals surface area contributed by atoms with Gasteiger partial charge in [0.25, 0.3) is 0 Å². The summed E-state index contributed by atoms with van der Waals surface area (Å²) >= 11 is 0. The summed E-state index contributed by atoms with van der Waals surface area (Å²) in [5.41, 5.74) is -0.0117. The van der Waals surface area contributed by atoms with Crippen LogP contribution in [0.3, 0.4) is 0 Å². The molecule has 2 N–H and O–H groups in total. The first-order chi connectivity index (χ1) is 9.06. The zero-order valence-electron chi connectivity index (χ0n) is 10.9. The van der Waals surface area contributed by atoms with Crippen LogP contribution in [0.2, 0.25) is 0 Å². The van der Waals surface area contributed by atoms with Crippen LogP contribution in [-0.2, 0) is 0 Å². The molecule has 1 fully saturated rings. The van der Waals surface area contributed by atoms with E-state index < -0.39 is 17.7 Å². The summed E-state index contributed by atoms with van der Waals surface area (Å²) in [5.74, 6) is -1.01. The van der Waals surface area contributed by atoms with Crippen LogP contribution in [0.4, 0.5) is 19.3 Å². The number of amides is 2. The van der Waals surface area contributed by atoms with Crippen LogP contribution in [0, 0.1) is 17.6 Å². The van der Waals surface area contributed by atoms with Crippen molar-refractivity contribution in [2.45, 2.75) is 38.6 Å². The van der Waals surface area contributed by atoms with Gasteiger partial charge >= 0.3 is 6.03 Å². The quantitative estimate of drug-likeness (QED) is 0.844. The average Bonchev–Trinajstić information content (AvgIpc) is 2.36. The van der Waals surface area contributed by atoms with Crippen LogP contribution in [-0.4, -0.2) is 12.1 Å². The largest absolute Gasteiger partial charge is 0.335 e. The molecular formula is C14H18F2N2O. The zero-order valence-corrected chi connectivity index (χ0v) is 10.9. The molecule has 1 aromatic carbocycles. The molecule has 5 heteroatoms. The summed E-state index contributed by atoms with van der Waals surface area (Å²) in [6, 6.07) is 2.76. The third kappa shape index (κ3) is 3.66. The van der Waals surface area contributed by atoms with E-state index >= 15 is 0 Å². The molecule has 1 saturated carbocycles. The van der Waals surface area contributed by atoms with E-state index in [0.29, 0.717) is 5.92 Å². The smallest absolute Gasteiger partial charge is 0.319 e. The minimum atomic E-state index is -0.771. The molecular weight excluding hydrogens is 250 g/mol. The van der Waals surface area contributed by atoms with Gasteiger partial charge in [0.05, 0.1) is 5.69 Å². The molecule has 2 rings (SSSR count). The van der Waals surface area contributed by atoms with Gasteiger partial charge in [-0.25, -0.2) is 13.6 Å². The van der Waals surface area contributed by atoms with Crippen LogP contribution < -0.4 is 10.6 Å². The van der Waals surface area contributed by atoms with Crippen molar-refractivity contribution in [2.75, 3.05) is 5.32 Å². The van der Waals surface area contributed by atoms with E-state index in [-0.39, 0.29) is 11.7 Å². The SMILES string of the molecule is CC1CCCCC1NC(=O)Nc1ccc(F)cc1F. The molecule has 2 amide bonds. The highest BCUT2D eigenvalue weighted by Gasteiger charge is 2.23. The second-order valence-electron chi connectivity index (χ2n) is 5.09. The van der Waals surface area contributed by atoms with E-state index in [4.69, 9.17) is 0 Å². The highest BCUT2D eigenvalue weighted by molar-refractivity contribution is 5.89. The second-order valence-corrected chi connectivity index (χ2v) is 5.09. The monoisotopic (exact) mass is 268 g/mol. The van der Waals surface area contributed by atoms with Crippen LogP contribution in [0.5, 0.6) is 0 Å². The molecule has 0 saturated heterocycles. The fraction of sp³-hybridized carbons (Fsp3) is 0.500. The van der Waals surface area contributed by atoms with Crippen molar-refractivity contribution in [2.24, 2.45) is 5.92 Å². The standard InChI is InChI=1S/C14H18F2N2O/c1-9-4-2-3-5-12(9)17-14(19)18-13-7-6-10(15)8-11(13)16/h6-9,12H,2-5H2,1H3,(H2,17,18,19). The Kier molecular flexibility index (Phi) is 4.35. The summed E-state index contributed by atoms with van der Waals surface area (Å²) in [7, 11) is 0. The van der Waals surface area contributed by atoms with Gasteiger partial charge in [-0.1, -0.05) is 19.8 Å². The fourth-order valence-electron chi connectivity index (χ4n) is 2.45. The molecule has 0 aromatic heterocycles. The number of hydrogen-bond donors (Lipinski definition) is 2. The molecule has 19 heavy (non-hydrogen) atoms. The number of hydrogen-bond acceptors (Lipinski definition) is 1. The molecule has 2 atom stereocenters. The van der Waals surface area contributed by atoms with E-state index in [9.17, 15) is 13.6 Å². The minimum Gasteiger partial charge on any atom is -0.335 e. The number of nitrogens with one attached hydrogen (secondary N) is 2. The van der Waals surface area contributed by atoms with Crippen LogP contribution in [0.1, 0.15) is 32.6 Å². The molecule has 0 spiro atoms. The summed E-state index contributed by atoms with van der Waals surface area (Å²) in [5, 5.41) is 5.26. The Hall–Kier alpha value is -1.65. The number of rotatable bonds is 2. The lowest BCUT2D eigenvalue weighted by atomic mass is 9.86. The Morgan fingerprint density at radius 2 is 2.00 bits per heavy atom. The van der Waals surface area contributed by atoms with E-state index in [1.165, 1.54) is 12.5 Å². The number of halogens is 2. The maximum atomic E-state index is 13.4. The first-order valence-corrected chi connectivity index (χ1v) is 6.59. The van der Waals surface area contributed by atoms with Crippen LogP contribution in [0.15, 0.2) is 18.2 Å². The summed E-state index contributed by atoms with van der Waals surface area (Å²) in [6.07, 6.45) is 4.32. The molecule has 0 radical (unpaired) electrons. The predicted molar refractivity (Wildman–Crippen MR) is 69.9 cm³/mol. The lowest BCUT2D eigenvalue weighted by molar-refractivity contribution is 0.232. The van der Waals surface area contributed by atoms with Gasteiger partial charge in [0, 0.05) is 12.1 Å². The molecule has 3 nitrogen and oxygen atoms in total. The Morgan fingerprint density at radius 1 is 1.26 bits per heavy atom. The van der Waals surface area contributed by atoms with Crippen molar-refractivity contribution in [3.05, 3.63) is 29.8 Å². The van der Waals surface area contributed by atoms with Gasteiger partial charge in [-0.2, -0.15) is 0 Å². The number of anilines is 1. The molecule has 1 aromatic rings. The van der Waals surface area contributed by atoms with E-state index in [1.807, 2.05) is 0 Å². The third-order valence-electron chi connectivity index (χ3n) is 3.61. The number of carbonyl (C=O) groups excluding carboxylic acids is 1. The van der Waals surface area contributed by atoms with Crippen molar-refractivity contribution < 1.29 is 13.6 Å². The maximum Gasteiger partial charge on any atom is 0.319 e. The summed E-state index contributed by atoms with van der Waals surface area (Å²) in [6.45, 7) is 2.10. The molecule has 0 aliphatic heterocycles. The van der Waals surface area contributed by atoms with Gasteiger partial charge in [-0.3, -0.25) is 0 Å². The topological polar surface area (TPSA) is 41.1 Å². The third-order valence-corrected chi connectivity index (χ3v) is 3.61. The lowest BCUT2D eigenvalue weighted by Gasteiger charge is -2.29. The summed E-state index contributed by atoms with van der Waals surface area (Å²) < 4.78 is 26.1. The summed E-state index contributed by atoms with van der Waals surface area (Å²) in [4.78, 5) is 11.8. The lowest BCUT2D eigenvalue weighted by Crippen LogP contribution is -2.43. The first kappa shape index (κ1) is 13.8. The van der Waals surface area contributed by atoms with Gasteiger partial charge in [-0.15, -0.1) is 0 Å². The first-order valence-electron chi connectivity index (χ1n) is 6.59. The van der Waals surface area contributed by atoms with Crippen molar-refractivity contribution in [3.63, 3.8) is 0 Å². The Morgan fingerprint density at radius 3 is 2.68 bits per heavy atom. The highest BCUT2D eigenvalue weighted by atomic mass is 19.1. The normalized spacial score (nSPS) is 22.9. The van der Waals surface area contributed by atoms with Gasteiger partial charge in [-0.05, 0) is 30.9 Å². The number of benzene rings is 1. The molecule has 2 unspecified atom stereocenters. The zero-order chi connectivity index (χ0) is 13.8. The minimum absolute atomic E-state index is 0.0117. The highest BCUT2D eigenvalue weighted by Crippen LogP contribution is 2.24. The van der Waals surface area contributed by atoms with Gasteiger partial charge in [0.2, 0.25) is 0 Å². The molecule has 1 aliphatic carbocycles. The fourth-order valence-corrected chi connectivity index (χ4v) is 2.45. The Bertz CT molecular complexity index is 465. The predicted octanol–water partition coefficient (Wildman–Crippen LogP) is 3.67. The maximum absolute atomic E-state index is 13.4. The molecule has 0 heterocycles. The molecule has 1 aliphatic rings. The Balaban J connectivity index is 1.93. The average molecular weight is 268 g/mol. The second kappa shape index (κ2) is 5.99. The van der Waals surface area contributed by atoms with Crippen molar-refractivity contribution in [1.29, 1.82) is 0 Å². The van der Waals surface area contributed by atoms with Crippen LogP contribution in [0.25, 0.3) is 0 Å². The van der Waals surface area contributed by atoms with E-state index in [2.05, 4.69) is 17.6 Å². The van der Waals surface area contributed by atoms with Crippen LogP contribution >= 0.6 is 0 Å². The molecule has 104 valence electrons. The molecule has 0 bridgehead atoms. The van der Waals surface area contributed by atoms with E-state index in [1.54, 1.807) is 0 Å². The van der Waals surface area contributed by atoms with Crippen molar-refractivity contribution in [3.8, 4) is 0 Å². The van der Waals surface area contributed by atoms with Crippen molar-refractivity contribution >= 4 is 11.7 Å². The van der Waals surface area contributed by atoms with Crippen molar-refractivity contribution in [1.82, 2.24) is 5.32 Å². The number of urea groups is 1. The van der Waals surface area contributed by atoms with Gasteiger partial charge in [0.15, 0.2) is 0 Å². The Labute approximate surface area is 111 Å². The number of carbonyl (C=O) groups is 1.